The fraction of sp³-hybridized carbons (Fsp3) is 0.333. The van der Waals surface area contributed by atoms with Crippen LogP contribution < -0.4 is 10.2 Å². The summed E-state index contributed by atoms with van der Waals surface area (Å²) in [6.07, 6.45) is 1.82. The molecule has 1 N–H and O–H groups in total. The van der Waals surface area contributed by atoms with E-state index in [2.05, 4.69) is 10.3 Å². The predicted molar refractivity (Wildman–Crippen MR) is 136 cm³/mol. The monoisotopic (exact) mass is 491 g/mol. The Kier molecular flexibility index (Phi) is 7.73. The van der Waals surface area contributed by atoms with Gasteiger partial charge in [0, 0.05) is 24.4 Å². The van der Waals surface area contributed by atoms with Crippen molar-refractivity contribution in [3.8, 4) is 0 Å². The number of ether oxygens (including phenoxy) is 1. The molecule has 0 saturated carbocycles. The molecule has 2 atom stereocenters. The van der Waals surface area contributed by atoms with Gasteiger partial charge in [-0.05, 0) is 51.3 Å². The lowest BCUT2D eigenvalue weighted by atomic mass is 10.0. The van der Waals surface area contributed by atoms with Crippen molar-refractivity contribution < 1.29 is 19.1 Å². The van der Waals surface area contributed by atoms with E-state index in [1.54, 1.807) is 31.2 Å². The quantitative estimate of drug-likeness (QED) is 0.464. The molecule has 1 saturated heterocycles. The van der Waals surface area contributed by atoms with Crippen LogP contribution in [0.3, 0.4) is 0 Å². The van der Waals surface area contributed by atoms with E-state index in [4.69, 9.17) is 4.74 Å². The Morgan fingerprint density at radius 1 is 1.14 bits per heavy atom. The van der Waals surface area contributed by atoms with Crippen molar-refractivity contribution in [3.63, 3.8) is 0 Å². The Balaban J connectivity index is 1.81. The number of nitrogens with zero attached hydrogens (tertiary/aromatic N) is 2. The highest BCUT2D eigenvalue weighted by molar-refractivity contribution is 7.13. The molecule has 0 radical (unpaired) electrons. The zero-order chi connectivity index (χ0) is 24.9. The largest absolute Gasteiger partial charge is 0.376 e. The van der Waals surface area contributed by atoms with Gasteiger partial charge in [-0.15, -0.1) is 11.3 Å². The lowest BCUT2D eigenvalue weighted by molar-refractivity contribution is -0.123. The second-order valence-corrected chi connectivity index (χ2v) is 9.83. The van der Waals surface area contributed by atoms with E-state index in [1.165, 1.54) is 23.2 Å². The molecule has 1 aromatic heterocycles. The molecule has 0 aliphatic carbocycles. The van der Waals surface area contributed by atoms with Crippen LogP contribution in [0.2, 0.25) is 0 Å². The van der Waals surface area contributed by atoms with Crippen molar-refractivity contribution in [2.45, 2.75) is 45.8 Å². The summed E-state index contributed by atoms with van der Waals surface area (Å²) in [5.41, 5.74) is 2.20. The lowest BCUT2D eigenvalue weighted by Gasteiger charge is -2.32. The second kappa shape index (κ2) is 10.9. The molecule has 0 spiro atoms. The number of ketones is 1. The molecule has 35 heavy (non-hydrogen) atoms. The number of carbonyl (C=O) groups is 3. The van der Waals surface area contributed by atoms with Gasteiger partial charge in [-0.1, -0.05) is 42.5 Å². The van der Waals surface area contributed by atoms with E-state index in [9.17, 15) is 14.4 Å². The van der Waals surface area contributed by atoms with Gasteiger partial charge in [-0.25, -0.2) is 4.98 Å². The molecule has 2 unspecified atom stereocenters. The van der Waals surface area contributed by atoms with Gasteiger partial charge in [0.1, 0.15) is 10.9 Å². The topological polar surface area (TPSA) is 88.6 Å². The fourth-order valence-corrected chi connectivity index (χ4v) is 5.12. The number of hydrogen-bond acceptors (Lipinski definition) is 6. The molecule has 1 aliphatic rings. The highest BCUT2D eigenvalue weighted by Crippen LogP contribution is 2.32. The minimum atomic E-state index is -0.950. The first kappa shape index (κ1) is 24.8. The molecule has 182 valence electrons. The summed E-state index contributed by atoms with van der Waals surface area (Å²) >= 11 is 1.29. The molecular weight excluding hydrogens is 462 g/mol. The number of nitrogens with one attached hydrogen (secondary N) is 1. The van der Waals surface area contributed by atoms with Crippen LogP contribution >= 0.6 is 11.3 Å². The third kappa shape index (κ3) is 5.66. The molecule has 4 rings (SSSR count). The van der Waals surface area contributed by atoms with Crippen molar-refractivity contribution in [3.05, 3.63) is 81.3 Å². The Bertz CT molecular complexity index is 1220. The van der Waals surface area contributed by atoms with Gasteiger partial charge in [0.05, 0.1) is 16.8 Å². The van der Waals surface area contributed by atoms with E-state index < -0.39 is 6.04 Å². The Morgan fingerprint density at radius 2 is 1.91 bits per heavy atom. The molecule has 2 amide bonds. The molecule has 1 fully saturated rings. The van der Waals surface area contributed by atoms with E-state index in [1.807, 2.05) is 37.3 Å². The summed E-state index contributed by atoms with van der Waals surface area (Å²) in [6, 6.07) is 15.1. The Morgan fingerprint density at radius 3 is 2.54 bits per heavy atom. The summed E-state index contributed by atoms with van der Waals surface area (Å²) in [5.74, 6) is -0.773. The second-order valence-electron chi connectivity index (χ2n) is 8.62. The number of anilines is 1. The van der Waals surface area contributed by atoms with E-state index >= 15 is 0 Å². The van der Waals surface area contributed by atoms with Gasteiger partial charge >= 0.3 is 0 Å². The number of hydrogen-bond donors (Lipinski definition) is 1. The highest BCUT2D eigenvalue weighted by atomic mass is 32.1. The third-order valence-corrected chi connectivity index (χ3v) is 7.06. The first-order valence-electron chi connectivity index (χ1n) is 11.7. The van der Waals surface area contributed by atoms with Gasteiger partial charge in [-0.2, -0.15) is 0 Å². The summed E-state index contributed by atoms with van der Waals surface area (Å²) in [7, 11) is 0. The van der Waals surface area contributed by atoms with E-state index in [0.29, 0.717) is 40.5 Å². The van der Waals surface area contributed by atoms with Crippen LogP contribution in [-0.2, 0) is 9.53 Å². The number of rotatable bonds is 8. The highest BCUT2D eigenvalue weighted by Gasteiger charge is 2.35. The SMILES string of the molecule is CC(=O)c1cccc(N(C(=O)c2sc(C)nc2C)C(C(=O)NCC2CCCO2)c2ccccc2)c1. The molecule has 0 bridgehead atoms. The fourth-order valence-electron chi connectivity index (χ4n) is 4.27. The zero-order valence-electron chi connectivity index (χ0n) is 20.1. The molecule has 3 aromatic rings. The van der Waals surface area contributed by atoms with Crippen LogP contribution in [0.1, 0.15) is 62.1 Å². The number of Topliss-reactive ketones (excluding diaryl/α,β-unsaturated/α-hetero) is 1. The van der Waals surface area contributed by atoms with Crippen LogP contribution in [0.25, 0.3) is 0 Å². The standard InChI is InChI=1S/C27H29N3O4S/c1-17-25(35-19(3)29-17)27(33)30(22-12-7-11-21(15-22)18(2)31)24(20-9-5-4-6-10-20)26(32)28-16-23-13-8-14-34-23/h4-7,9-12,15,23-24H,8,13-14,16H2,1-3H3,(H,28,32). The summed E-state index contributed by atoms with van der Waals surface area (Å²) < 4.78 is 5.67. The number of aromatic nitrogens is 1. The molecule has 8 heteroatoms. The molecule has 2 heterocycles. The molecule has 2 aromatic carbocycles. The lowest BCUT2D eigenvalue weighted by Crippen LogP contribution is -2.45. The van der Waals surface area contributed by atoms with Crippen molar-refractivity contribution in [2.24, 2.45) is 0 Å². The maximum atomic E-state index is 14.0. The van der Waals surface area contributed by atoms with Gasteiger partial charge < -0.3 is 10.1 Å². The van der Waals surface area contributed by atoms with Crippen LogP contribution in [0.5, 0.6) is 0 Å². The van der Waals surface area contributed by atoms with E-state index in [0.717, 1.165) is 17.8 Å². The smallest absolute Gasteiger partial charge is 0.271 e. The summed E-state index contributed by atoms with van der Waals surface area (Å²) in [6.45, 7) is 6.17. The normalized spacial score (nSPS) is 16.0. The van der Waals surface area contributed by atoms with Crippen LogP contribution in [0, 0.1) is 13.8 Å². The van der Waals surface area contributed by atoms with Gasteiger partial charge in [0.2, 0.25) is 5.91 Å². The molecule has 1 aliphatic heterocycles. The number of thiazole rings is 1. The van der Waals surface area contributed by atoms with Crippen LogP contribution in [0.15, 0.2) is 54.6 Å². The molecule has 7 nitrogen and oxygen atoms in total. The van der Waals surface area contributed by atoms with Gasteiger partial charge in [-0.3, -0.25) is 19.3 Å². The zero-order valence-corrected chi connectivity index (χ0v) is 20.9. The minimum absolute atomic E-state index is 0.0352. The van der Waals surface area contributed by atoms with Crippen molar-refractivity contribution in [1.29, 1.82) is 0 Å². The van der Waals surface area contributed by atoms with Crippen molar-refractivity contribution >= 4 is 34.6 Å². The Hall–Kier alpha value is -3.36. The van der Waals surface area contributed by atoms with Gasteiger partial charge in [0.15, 0.2) is 5.78 Å². The summed E-state index contributed by atoms with van der Waals surface area (Å²) in [5, 5.41) is 3.77. The van der Waals surface area contributed by atoms with Crippen LogP contribution in [0.4, 0.5) is 5.69 Å². The minimum Gasteiger partial charge on any atom is -0.376 e. The first-order valence-corrected chi connectivity index (χ1v) is 12.5. The van der Waals surface area contributed by atoms with Crippen molar-refractivity contribution in [1.82, 2.24) is 10.3 Å². The third-order valence-electron chi connectivity index (χ3n) is 6.00. The number of benzene rings is 2. The number of amides is 2. The van der Waals surface area contributed by atoms with E-state index in [-0.39, 0.29) is 23.7 Å². The average Bonchev–Trinajstić information content (AvgIpc) is 3.50. The average molecular weight is 492 g/mol. The summed E-state index contributed by atoms with van der Waals surface area (Å²) in [4.78, 5) is 46.3. The maximum absolute atomic E-state index is 14.0. The van der Waals surface area contributed by atoms with Crippen molar-refractivity contribution in [2.75, 3.05) is 18.1 Å². The first-order chi connectivity index (χ1) is 16.8. The molecular formula is C27H29N3O4S. The van der Waals surface area contributed by atoms with Gasteiger partial charge in [0.25, 0.3) is 5.91 Å². The van der Waals surface area contributed by atoms with Crippen LogP contribution in [-0.4, -0.2) is 41.8 Å². The number of aryl methyl sites for hydroxylation is 2. The Labute approximate surface area is 209 Å². The predicted octanol–water partition coefficient (Wildman–Crippen LogP) is 4.65. The number of carbonyl (C=O) groups excluding carboxylic acids is 3. The maximum Gasteiger partial charge on any atom is 0.271 e.